The van der Waals surface area contributed by atoms with Crippen molar-refractivity contribution in [3.05, 3.63) is 0 Å². The molecule has 17 heavy (non-hydrogen) atoms. The molecule has 9 heteroatoms. The van der Waals surface area contributed by atoms with E-state index in [0.29, 0.717) is 0 Å². The number of ether oxygens (including phenoxy) is 1. The van der Waals surface area contributed by atoms with Crippen molar-refractivity contribution in [3.63, 3.8) is 0 Å². The van der Waals surface area contributed by atoms with E-state index >= 15 is 0 Å². The van der Waals surface area contributed by atoms with E-state index in [0.717, 1.165) is 0 Å². The highest BCUT2D eigenvalue weighted by atomic mass is 31.2. The Morgan fingerprint density at radius 2 is 1.76 bits per heavy atom. The Hall–Kier alpha value is -0.0500. The third-order valence-electron chi connectivity index (χ3n) is 2.47. The smallest absolute Gasteiger partial charge is 0.393 e. The van der Waals surface area contributed by atoms with E-state index < -0.39 is 32.2 Å². The average Bonchev–Trinajstić information content (AvgIpc) is 2.18. The summed E-state index contributed by atoms with van der Waals surface area (Å²) in [5.74, 6) is 0. The molecule has 0 aromatic heterocycles. The lowest BCUT2D eigenvalue weighted by Crippen LogP contribution is -2.47. The van der Waals surface area contributed by atoms with Gasteiger partial charge < -0.3 is 29.8 Å². The number of rotatable bonds is 5. The molecule has 0 spiro atoms. The number of hydrogen-bond acceptors (Lipinski definition) is 6. The van der Waals surface area contributed by atoms with Crippen LogP contribution in [0.5, 0.6) is 0 Å². The van der Waals surface area contributed by atoms with E-state index in [4.69, 9.17) is 14.5 Å². The Morgan fingerprint density at radius 1 is 1.12 bits per heavy atom. The molecular formula is C8H17O8P. The molecule has 5 N–H and O–H groups in total. The highest BCUT2D eigenvalue weighted by Gasteiger charge is 2.35. The van der Waals surface area contributed by atoms with Gasteiger partial charge >= 0.3 is 7.82 Å². The third kappa shape index (κ3) is 5.41. The fraction of sp³-hybridized carbons (Fsp3) is 1.00. The zero-order valence-corrected chi connectivity index (χ0v) is 9.94. The van der Waals surface area contributed by atoms with Crippen molar-refractivity contribution in [1.82, 2.24) is 0 Å². The van der Waals surface area contributed by atoms with Gasteiger partial charge in [-0.15, -0.1) is 0 Å². The van der Waals surface area contributed by atoms with Gasteiger partial charge in [-0.2, -0.15) is 0 Å². The van der Waals surface area contributed by atoms with Gasteiger partial charge in [-0.25, -0.2) is 4.57 Å². The zero-order chi connectivity index (χ0) is 13.1. The van der Waals surface area contributed by atoms with Gasteiger partial charge in [0.15, 0.2) is 0 Å². The van der Waals surface area contributed by atoms with E-state index in [2.05, 4.69) is 4.52 Å². The van der Waals surface area contributed by atoms with Crippen LogP contribution in [0.2, 0.25) is 0 Å². The van der Waals surface area contributed by atoms with E-state index in [1.807, 2.05) is 0 Å². The maximum atomic E-state index is 10.3. The minimum Gasteiger partial charge on any atom is -0.393 e. The Bertz CT molecular complexity index is 279. The second kappa shape index (κ2) is 6.21. The second-order valence-electron chi connectivity index (χ2n) is 3.92. The second-order valence-corrected chi connectivity index (χ2v) is 5.16. The van der Waals surface area contributed by atoms with Crippen LogP contribution in [0, 0.1) is 0 Å². The lowest BCUT2D eigenvalue weighted by atomic mass is 9.90. The fourth-order valence-corrected chi connectivity index (χ4v) is 2.00. The van der Waals surface area contributed by atoms with Gasteiger partial charge in [0.1, 0.15) is 6.10 Å². The normalized spacial score (nSPS) is 34.9. The molecule has 1 fully saturated rings. The molecule has 0 amide bonds. The molecule has 0 aromatic carbocycles. The van der Waals surface area contributed by atoms with Crippen LogP contribution in [0.3, 0.4) is 0 Å². The molecule has 1 aliphatic rings. The van der Waals surface area contributed by atoms with Gasteiger partial charge in [0.2, 0.25) is 0 Å². The Kier molecular flexibility index (Phi) is 5.49. The Balaban J connectivity index is 2.28. The lowest BCUT2D eigenvalue weighted by Gasteiger charge is -2.34. The molecule has 1 saturated carbocycles. The minimum absolute atomic E-state index is 0.0833. The van der Waals surface area contributed by atoms with E-state index in [9.17, 15) is 19.9 Å². The van der Waals surface area contributed by atoms with Crippen LogP contribution < -0.4 is 0 Å². The first-order valence-electron chi connectivity index (χ1n) is 5.15. The van der Waals surface area contributed by atoms with Crippen molar-refractivity contribution in [2.45, 2.75) is 37.3 Å². The van der Waals surface area contributed by atoms with Crippen LogP contribution in [0.15, 0.2) is 0 Å². The summed E-state index contributed by atoms with van der Waals surface area (Å²) in [4.78, 5) is 16.8. The van der Waals surface area contributed by atoms with Crippen LogP contribution in [0.4, 0.5) is 0 Å². The highest BCUT2D eigenvalue weighted by Crippen LogP contribution is 2.35. The molecule has 0 unspecified atom stereocenters. The third-order valence-corrected chi connectivity index (χ3v) is 2.99. The van der Waals surface area contributed by atoms with Gasteiger partial charge in [0, 0.05) is 12.8 Å². The van der Waals surface area contributed by atoms with E-state index in [-0.39, 0.29) is 26.1 Å². The number of phosphoric acid groups is 1. The summed E-state index contributed by atoms with van der Waals surface area (Å²) in [7, 11) is -4.52. The van der Waals surface area contributed by atoms with Gasteiger partial charge in [-0.3, -0.25) is 4.52 Å². The first-order valence-corrected chi connectivity index (χ1v) is 6.68. The predicted molar refractivity (Wildman–Crippen MR) is 55.0 cm³/mol. The minimum atomic E-state index is -4.52. The van der Waals surface area contributed by atoms with Crippen LogP contribution in [-0.4, -0.2) is 62.7 Å². The summed E-state index contributed by atoms with van der Waals surface area (Å²) >= 11 is 0. The molecule has 102 valence electrons. The van der Waals surface area contributed by atoms with Gasteiger partial charge in [0.25, 0.3) is 0 Å². The number of hydrogen-bond donors (Lipinski definition) is 5. The fourth-order valence-electron chi connectivity index (χ4n) is 1.69. The van der Waals surface area contributed by atoms with E-state index in [1.54, 1.807) is 0 Å². The molecule has 0 saturated heterocycles. The summed E-state index contributed by atoms with van der Waals surface area (Å²) in [6.45, 7) is -0.480. The average molecular weight is 272 g/mol. The van der Waals surface area contributed by atoms with Crippen LogP contribution in [0.1, 0.15) is 12.8 Å². The molecule has 8 nitrogen and oxygen atoms in total. The standard InChI is InChI=1S/C8H17O8P/c9-5-3-6(10)8(11)7(4-5)15-1-2-16-17(12,13)14/h5-11H,1-4H2,(H2,12,13,14)/t5-,6-,7-,8-/m0/s1. The monoisotopic (exact) mass is 272 g/mol. The van der Waals surface area contributed by atoms with Crippen molar-refractivity contribution in [2.24, 2.45) is 0 Å². The Labute approximate surface area is 98.0 Å². The van der Waals surface area contributed by atoms with Crippen molar-refractivity contribution in [3.8, 4) is 0 Å². The van der Waals surface area contributed by atoms with Crippen LogP contribution in [0.25, 0.3) is 0 Å². The van der Waals surface area contributed by atoms with Crippen LogP contribution >= 0.6 is 7.82 Å². The summed E-state index contributed by atoms with van der Waals surface area (Å²) < 4.78 is 19.6. The first kappa shape index (κ1) is 15.0. The molecule has 0 bridgehead atoms. The number of aliphatic hydroxyl groups is 3. The maximum absolute atomic E-state index is 10.3. The molecule has 1 aliphatic carbocycles. The van der Waals surface area contributed by atoms with Crippen molar-refractivity contribution < 1.29 is 38.9 Å². The quantitative estimate of drug-likeness (QED) is 0.297. The van der Waals surface area contributed by atoms with Crippen molar-refractivity contribution in [2.75, 3.05) is 13.2 Å². The molecule has 0 aromatic rings. The molecule has 0 radical (unpaired) electrons. The zero-order valence-electron chi connectivity index (χ0n) is 9.05. The summed E-state index contributed by atoms with van der Waals surface area (Å²) in [6.07, 6.45) is -3.47. The SMILES string of the molecule is O=P(O)(O)OCCO[C@H]1C[C@@H](O)C[C@H](O)[C@@H]1O. The largest absolute Gasteiger partial charge is 0.469 e. The molecular weight excluding hydrogens is 255 g/mol. The summed E-state index contributed by atoms with van der Waals surface area (Å²) in [6, 6.07) is 0. The van der Waals surface area contributed by atoms with Gasteiger partial charge in [0.05, 0.1) is 31.5 Å². The number of aliphatic hydroxyl groups excluding tert-OH is 3. The summed E-state index contributed by atoms with van der Waals surface area (Å²) in [5, 5.41) is 28.2. The summed E-state index contributed by atoms with van der Waals surface area (Å²) in [5.41, 5.74) is 0. The highest BCUT2D eigenvalue weighted by molar-refractivity contribution is 7.46. The molecule has 0 aliphatic heterocycles. The van der Waals surface area contributed by atoms with Crippen molar-refractivity contribution >= 4 is 7.82 Å². The maximum Gasteiger partial charge on any atom is 0.469 e. The molecule has 4 atom stereocenters. The van der Waals surface area contributed by atoms with Crippen molar-refractivity contribution in [1.29, 1.82) is 0 Å². The topological polar surface area (TPSA) is 137 Å². The van der Waals surface area contributed by atoms with Gasteiger partial charge in [-0.05, 0) is 0 Å². The first-order chi connectivity index (χ1) is 7.79. The molecule has 1 rings (SSSR count). The molecule has 0 heterocycles. The lowest BCUT2D eigenvalue weighted by molar-refractivity contribution is -0.142. The number of phosphoric ester groups is 1. The van der Waals surface area contributed by atoms with E-state index in [1.165, 1.54) is 0 Å². The van der Waals surface area contributed by atoms with Gasteiger partial charge in [-0.1, -0.05) is 0 Å². The predicted octanol–water partition coefficient (Wildman–Crippen LogP) is -1.64. The Morgan fingerprint density at radius 3 is 2.35 bits per heavy atom. The van der Waals surface area contributed by atoms with Crippen LogP contribution in [-0.2, 0) is 13.8 Å².